The molecule has 2 heterocycles. The molecule has 106 valence electrons. The molecule has 0 bridgehead atoms. The molecule has 1 aromatic heterocycles. The highest BCUT2D eigenvalue weighted by Crippen LogP contribution is 2.29. The number of ether oxygens (including phenoxy) is 1. The summed E-state index contributed by atoms with van der Waals surface area (Å²) < 4.78 is 11.0. The molecule has 3 rings (SSSR count). The summed E-state index contributed by atoms with van der Waals surface area (Å²) in [6.45, 7) is 4.34. The minimum absolute atomic E-state index is 0.142. The van der Waals surface area contributed by atoms with Crippen LogP contribution in [0, 0.1) is 6.92 Å². The van der Waals surface area contributed by atoms with Crippen molar-refractivity contribution in [1.29, 1.82) is 0 Å². The molecule has 0 aliphatic carbocycles. The third-order valence-corrected chi connectivity index (χ3v) is 3.52. The van der Waals surface area contributed by atoms with Gasteiger partial charge < -0.3 is 19.9 Å². The van der Waals surface area contributed by atoms with E-state index in [1.54, 1.807) is 0 Å². The number of hydrogen-bond acceptors (Lipinski definition) is 6. The van der Waals surface area contributed by atoms with Crippen molar-refractivity contribution in [2.45, 2.75) is 13.0 Å². The molecular formula is C14H18N4O2. The van der Waals surface area contributed by atoms with Crippen LogP contribution in [0.1, 0.15) is 17.5 Å². The standard InChI is InChI=1S/C14H18N4O2/c1-9-4-3-5-10(15)12(9)14-16-13(17-20-14)11-8-18(2)6-7-19-11/h3-5,11H,6-8,15H2,1-2H3. The van der Waals surface area contributed by atoms with Crippen molar-refractivity contribution in [3.05, 3.63) is 29.6 Å². The zero-order valence-electron chi connectivity index (χ0n) is 11.7. The van der Waals surface area contributed by atoms with Gasteiger partial charge in [0.15, 0.2) is 0 Å². The van der Waals surface area contributed by atoms with E-state index in [-0.39, 0.29) is 6.10 Å². The number of rotatable bonds is 2. The molecule has 1 aliphatic rings. The predicted molar refractivity (Wildman–Crippen MR) is 75.1 cm³/mol. The molecule has 1 saturated heterocycles. The molecule has 1 aromatic carbocycles. The second kappa shape index (κ2) is 5.22. The van der Waals surface area contributed by atoms with E-state index in [0.29, 0.717) is 24.0 Å². The van der Waals surface area contributed by atoms with Crippen LogP contribution in [0.2, 0.25) is 0 Å². The maximum Gasteiger partial charge on any atom is 0.260 e. The van der Waals surface area contributed by atoms with Crippen molar-refractivity contribution in [2.75, 3.05) is 32.5 Å². The number of nitrogens with zero attached hydrogens (tertiary/aromatic N) is 3. The van der Waals surface area contributed by atoms with Crippen LogP contribution in [0.4, 0.5) is 5.69 Å². The summed E-state index contributed by atoms with van der Waals surface area (Å²) in [4.78, 5) is 6.64. The quantitative estimate of drug-likeness (QED) is 0.839. The van der Waals surface area contributed by atoms with Crippen molar-refractivity contribution in [1.82, 2.24) is 15.0 Å². The van der Waals surface area contributed by atoms with Gasteiger partial charge in [-0.15, -0.1) is 0 Å². The molecule has 2 N–H and O–H groups in total. The van der Waals surface area contributed by atoms with Gasteiger partial charge in [0.25, 0.3) is 5.89 Å². The van der Waals surface area contributed by atoms with Gasteiger partial charge in [-0.1, -0.05) is 17.3 Å². The number of morpholine rings is 1. The zero-order valence-corrected chi connectivity index (χ0v) is 11.7. The summed E-state index contributed by atoms with van der Waals surface area (Å²) in [5.74, 6) is 1.03. The lowest BCUT2D eigenvalue weighted by Gasteiger charge is -2.27. The molecule has 0 radical (unpaired) electrons. The number of benzene rings is 1. The Hall–Kier alpha value is -1.92. The first kappa shape index (κ1) is 13.1. The Bertz CT molecular complexity index is 591. The van der Waals surface area contributed by atoms with Crippen LogP contribution in [0.3, 0.4) is 0 Å². The lowest BCUT2D eigenvalue weighted by atomic mass is 10.1. The Morgan fingerprint density at radius 3 is 3.00 bits per heavy atom. The molecule has 20 heavy (non-hydrogen) atoms. The minimum Gasteiger partial charge on any atom is -0.398 e. The van der Waals surface area contributed by atoms with Gasteiger partial charge in [0.2, 0.25) is 5.82 Å². The SMILES string of the molecule is Cc1cccc(N)c1-c1nc(C2CN(C)CCO2)no1. The fraction of sp³-hybridized carbons (Fsp3) is 0.429. The normalized spacial score (nSPS) is 20.2. The molecular weight excluding hydrogens is 256 g/mol. The Morgan fingerprint density at radius 2 is 2.25 bits per heavy atom. The average molecular weight is 274 g/mol. The highest BCUT2D eigenvalue weighted by Gasteiger charge is 2.25. The first-order valence-electron chi connectivity index (χ1n) is 6.64. The van der Waals surface area contributed by atoms with Gasteiger partial charge in [0, 0.05) is 18.8 Å². The smallest absolute Gasteiger partial charge is 0.260 e. The van der Waals surface area contributed by atoms with Gasteiger partial charge in [0.05, 0.1) is 12.2 Å². The third kappa shape index (κ3) is 2.39. The largest absolute Gasteiger partial charge is 0.398 e. The number of anilines is 1. The van der Waals surface area contributed by atoms with Crippen LogP contribution < -0.4 is 5.73 Å². The molecule has 2 aromatic rings. The first-order chi connectivity index (χ1) is 9.65. The molecule has 1 atom stereocenters. The van der Waals surface area contributed by atoms with Crippen molar-refractivity contribution >= 4 is 5.69 Å². The van der Waals surface area contributed by atoms with Crippen LogP contribution in [-0.2, 0) is 4.74 Å². The highest BCUT2D eigenvalue weighted by molar-refractivity contribution is 5.73. The lowest BCUT2D eigenvalue weighted by molar-refractivity contribution is -0.0264. The molecule has 0 saturated carbocycles. The van der Waals surface area contributed by atoms with Crippen LogP contribution in [-0.4, -0.2) is 41.8 Å². The van der Waals surface area contributed by atoms with Crippen LogP contribution in [0.15, 0.2) is 22.7 Å². The Kier molecular flexibility index (Phi) is 3.42. The summed E-state index contributed by atoms with van der Waals surface area (Å²) in [5, 5.41) is 4.04. The van der Waals surface area contributed by atoms with E-state index in [4.69, 9.17) is 15.0 Å². The minimum atomic E-state index is -0.142. The number of nitrogens with two attached hydrogens (primary N) is 1. The fourth-order valence-corrected chi connectivity index (χ4v) is 2.38. The Balaban J connectivity index is 1.90. The number of aromatic nitrogens is 2. The highest BCUT2D eigenvalue weighted by atomic mass is 16.5. The number of nitrogen functional groups attached to an aromatic ring is 1. The number of hydrogen-bond donors (Lipinski definition) is 1. The maximum absolute atomic E-state index is 6.00. The Labute approximate surface area is 117 Å². The average Bonchev–Trinajstić information content (AvgIpc) is 2.88. The van der Waals surface area contributed by atoms with Crippen LogP contribution >= 0.6 is 0 Å². The summed E-state index contributed by atoms with van der Waals surface area (Å²) in [5.41, 5.74) is 8.45. The number of likely N-dealkylation sites (N-methyl/N-ethyl adjacent to an activating group) is 1. The van der Waals surface area contributed by atoms with E-state index >= 15 is 0 Å². The predicted octanol–water partition coefficient (Wildman–Crippen LogP) is 1.63. The van der Waals surface area contributed by atoms with E-state index in [0.717, 1.165) is 24.2 Å². The first-order valence-corrected chi connectivity index (χ1v) is 6.64. The fourth-order valence-electron chi connectivity index (χ4n) is 2.38. The molecule has 0 spiro atoms. The molecule has 1 aliphatic heterocycles. The Morgan fingerprint density at radius 1 is 1.40 bits per heavy atom. The molecule has 0 amide bonds. The number of aryl methyl sites for hydroxylation is 1. The van der Waals surface area contributed by atoms with Crippen molar-refractivity contribution < 1.29 is 9.26 Å². The summed E-state index contributed by atoms with van der Waals surface area (Å²) in [6.07, 6.45) is -0.142. The van der Waals surface area contributed by atoms with Gasteiger partial charge in [-0.25, -0.2) is 0 Å². The van der Waals surface area contributed by atoms with Crippen LogP contribution in [0.5, 0.6) is 0 Å². The summed E-state index contributed by atoms with van der Waals surface area (Å²) >= 11 is 0. The maximum atomic E-state index is 6.00. The van der Waals surface area contributed by atoms with E-state index < -0.39 is 0 Å². The molecule has 1 unspecified atom stereocenters. The second-order valence-electron chi connectivity index (χ2n) is 5.12. The summed E-state index contributed by atoms with van der Waals surface area (Å²) in [7, 11) is 2.05. The molecule has 6 heteroatoms. The van der Waals surface area contributed by atoms with E-state index in [1.165, 1.54) is 0 Å². The second-order valence-corrected chi connectivity index (χ2v) is 5.12. The van der Waals surface area contributed by atoms with Crippen molar-refractivity contribution in [3.8, 4) is 11.5 Å². The van der Waals surface area contributed by atoms with Gasteiger partial charge in [-0.3, -0.25) is 0 Å². The monoisotopic (exact) mass is 274 g/mol. The van der Waals surface area contributed by atoms with Crippen molar-refractivity contribution in [3.63, 3.8) is 0 Å². The molecule has 6 nitrogen and oxygen atoms in total. The van der Waals surface area contributed by atoms with Gasteiger partial charge >= 0.3 is 0 Å². The lowest BCUT2D eigenvalue weighted by Crippen LogP contribution is -2.35. The van der Waals surface area contributed by atoms with Gasteiger partial charge in [-0.05, 0) is 25.6 Å². The van der Waals surface area contributed by atoms with E-state index in [2.05, 4.69) is 22.1 Å². The van der Waals surface area contributed by atoms with E-state index in [9.17, 15) is 0 Å². The van der Waals surface area contributed by atoms with E-state index in [1.807, 2.05) is 25.1 Å². The summed E-state index contributed by atoms with van der Waals surface area (Å²) in [6, 6.07) is 5.71. The van der Waals surface area contributed by atoms with Crippen LogP contribution in [0.25, 0.3) is 11.5 Å². The molecule has 1 fully saturated rings. The zero-order chi connectivity index (χ0) is 14.1. The van der Waals surface area contributed by atoms with Gasteiger partial charge in [0.1, 0.15) is 6.10 Å². The van der Waals surface area contributed by atoms with Crippen molar-refractivity contribution in [2.24, 2.45) is 0 Å². The van der Waals surface area contributed by atoms with Gasteiger partial charge in [-0.2, -0.15) is 4.98 Å². The third-order valence-electron chi connectivity index (χ3n) is 3.52. The topological polar surface area (TPSA) is 77.4 Å².